The van der Waals surface area contributed by atoms with Crippen molar-refractivity contribution < 1.29 is 0 Å². The number of benzene rings is 2. The van der Waals surface area contributed by atoms with Gasteiger partial charge >= 0.3 is 0 Å². The average molecular weight is 270 g/mol. The summed E-state index contributed by atoms with van der Waals surface area (Å²) in [6, 6.07) is 20.6. The molecule has 0 fully saturated rings. The zero-order valence-corrected chi connectivity index (χ0v) is 11.7. The Balaban J connectivity index is 1.99. The van der Waals surface area contributed by atoms with Crippen molar-refractivity contribution in [3.63, 3.8) is 0 Å². The first-order valence-corrected chi connectivity index (χ1v) is 7.04. The maximum atomic E-state index is 4.92. The van der Waals surface area contributed by atoms with Crippen molar-refractivity contribution in [3.05, 3.63) is 83.6 Å². The number of nitrogens with zero attached hydrogens (tertiary/aromatic N) is 2. The Bertz CT molecular complexity index is 815. The fraction of sp³-hybridized carbons (Fsp3) is 0.0526. The third-order valence-electron chi connectivity index (χ3n) is 3.85. The smallest absolute Gasteiger partial charge is 0.0810 e. The van der Waals surface area contributed by atoms with Gasteiger partial charge in [-0.15, -0.1) is 0 Å². The van der Waals surface area contributed by atoms with E-state index in [-0.39, 0.29) is 0 Å². The van der Waals surface area contributed by atoms with Gasteiger partial charge in [0.2, 0.25) is 0 Å². The molecule has 3 aromatic rings. The Morgan fingerprint density at radius 3 is 2.33 bits per heavy atom. The van der Waals surface area contributed by atoms with E-state index in [9.17, 15) is 0 Å². The standard InChI is InChI=1S/C19H14N2/c1-13-7-2-5-11-17(13)21-19-15-9-4-3-8-14(15)18-16(19)10-6-12-20-18/h2-12H,1H3. The first-order chi connectivity index (χ1) is 10.3. The Morgan fingerprint density at radius 2 is 1.48 bits per heavy atom. The van der Waals surface area contributed by atoms with Crippen LogP contribution in [-0.4, -0.2) is 10.7 Å². The molecule has 1 aliphatic carbocycles. The van der Waals surface area contributed by atoms with E-state index < -0.39 is 0 Å². The van der Waals surface area contributed by atoms with E-state index in [2.05, 4.69) is 48.3 Å². The third kappa shape index (κ3) is 1.88. The highest BCUT2D eigenvalue weighted by Gasteiger charge is 2.25. The number of aliphatic imine (C=N–C) groups is 1. The lowest BCUT2D eigenvalue weighted by Crippen LogP contribution is -1.97. The normalized spacial score (nSPS) is 14.0. The molecule has 21 heavy (non-hydrogen) atoms. The number of hydrogen-bond donors (Lipinski definition) is 0. The Hall–Kier alpha value is -2.74. The predicted octanol–water partition coefficient (Wildman–Crippen LogP) is 4.54. The summed E-state index contributed by atoms with van der Waals surface area (Å²) in [7, 11) is 0. The van der Waals surface area contributed by atoms with Crippen molar-refractivity contribution in [3.8, 4) is 11.3 Å². The van der Waals surface area contributed by atoms with E-state index in [1.807, 2.05) is 30.5 Å². The summed E-state index contributed by atoms with van der Waals surface area (Å²) >= 11 is 0. The molecule has 0 N–H and O–H groups in total. The second-order valence-corrected chi connectivity index (χ2v) is 5.19. The zero-order valence-electron chi connectivity index (χ0n) is 11.7. The minimum absolute atomic E-state index is 1.01. The second kappa shape index (κ2) is 4.67. The van der Waals surface area contributed by atoms with Crippen molar-refractivity contribution in [1.82, 2.24) is 4.98 Å². The largest absolute Gasteiger partial charge is 0.256 e. The van der Waals surface area contributed by atoms with Crippen LogP contribution in [0.1, 0.15) is 16.7 Å². The van der Waals surface area contributed by atoms with Crippen LogP contribution in [-0.2, 0) is 0 Å². The number of hydrogen-bond acceptors (Lipinski definition) is 2. The predicted molar refractivity (Wildman–Crippen MR) is 86.2 cm³/mol. The van der Waals surface area contributed by atoms with E-state index in [0.717, 1.165) is 28.2 Å². The molecule has 0 atom stereocenters. The topological polar surface area (TPSA) is 25.2 Å². The Morgan fingerprint density at radius 1 is 0.762 bits per heavy atom. The maximum Gasteiger partial charge on any atom is 0.0810 e. The first kappa shape index (κ1) is 12.0. The SMILES string of the molecule is Cc1ccccc1N=C1c2ccccc2-c2ncccc21. The van der Waals surface area contributed by atoms with E-state index in [1.54, 1.807) is 0 Å². The van der Waals surface area contributed by atoms with Crippen LogP contribution in [0, 0.1) is 6.92 Å². The minimum atomic E-state index is 1.01. The fourth-order valence-corrected chi connectivity index (χ4v) is 2.78. The summed E-state index contributed by atoms with van der Waals surface area (Å²) in [4.78, 5) is 9.45. The number of rotatable bonds is 1. The molecule has 0 bridgehead atoms. The highest BCUT2D eigenvalue weighted by Crippen LogP contribution is 2.36. The van der Waals surface area contributed by atoms with Crippen molar-refractivity contribution in [2.24, 2.45) is 4.99 Å². The van der Waals surface area contributed by atoms with E-state index in [4.69, 9.17) is 4.99 Å². The van der Waals surface area contributed by atoms with Crippen LogP contribution in [0.25, 0.3) is 11.3 Å². The van der Waals surface area contributed by atoms with Gasteiger partial charge in [-0.1, -0.05) is 42.5 Å². The van der Waals surface area contributed by atoms with Gasteiger partial charge in [0.15, 0.2) is 0 Å². The summed E-state index contributed by atoms with van der Waals surface area (Å²) in [5.41, 5.74) is 7.68. The number of para-hydroxylation sites is 1. The van der Waals surface area contributed by atoms with Crippen LogP contribution in [0.3, 0.4) is 0 Å². The van der Waals surface area contributed by atoms with E-state index in [0.29, 0.717) is 0 Å². The van der Waals surface area contributed by atoms with Gasteiger partial charge in [-0.3, -0.25) is 4.98 Å². The number of pyridine rings is 1. The molecule has 1 aromatic heterocycles. The van der Waals surface area contributed by atoms with Crippen LogP contribution in [0.15, 0.2) is 71.9 Å². The molecule has 0 saturated carbocycles. The third-order valence-corrected chi connectivity index (χ3v) is 3.85. The molecule has 1 heterocycles. The molecule has 0 saturated heterocycles. The van der Waals surface area contributed by atoms with Crippen LogP contribution < -0.4 is 0 Å². The molecule has 2 aromatic carbocycles. The summed E-state index contributed by atoms with van der Waals surface area (Å²) in [5, 5.41) is 0. The monoisotopic (exact) mass is 270 g/mol. The molecule has 0 aliphatic heterocycles. The molecule has 100 valence electrons. The molecule has 4 rings (SSSR count). The summed E-state index contributed by atoms with van der Waals surface area (Å²) in [5.74, 6) is 0. The molecular weight excluding hydrogens is 256 g/mol. The number of aromatic nitrogens is 1. The van der Waals surface area contributed by atoms with Crippen LogP contribution in [0.5, 0.6) is 0 Å². The summed E-state index contributed by atoms with van der Waals surface area (Å²) < 4.78 is 0. The fourth-order valence-electron chi connectivity index (χ4n) is 2.78. The highest BCUT2D eigenvalue weighted by molar-refractivity contribution is 6.24. The molecule has 0 unspecified atom stereocenters. The lowest BCUT2D eigenvalue weighted by atomic mass is 10.1. The van der Waals surface area contributed by atoms with Crippen molar-refractivity contribution in [2.75, 3.05) is 0 Å². The highest BCUT2D eigenvalue weighted by atomic mass is 14.8. The lowest BCUT2D eigenvalue weighted by Gasteiger charge is -2.04. The molecule has 0 amide bonds. The minimum Gasteiger partial charge on any atom is -0.256 e. The van der Waals surface area contributed by atoms with Gasteiger partial charge < -0.3 is 0 Å². The maximum absolute atomic E-state index is 4.92. The number of fused-ring (bicyclic) bond motifs is 3. The average Bonchev–Trinajstić information content (AvgIpc) is 2.85. The van der Waals surface area contributed by atoms with Gasteiger partial charge in [0, 0.05) is 22.9 Å². The van der Waals surface area contributed by atoms with Crippen molar-refractivity contribution in [2.45, 2.75) is 6.92 Å². The van der Waals surface area contributed by atoms with Gasteiger partial charge in [0.05, 0.1) is 17.1 Å². The molecule has 2 heteroatoms. The van der Waals surface area contributed by atoms with E-state index in [1.165, 1.54) is 11.1 Å². The quantitative estimate of drug-likeness (QED) is 0.498. The van der Waals surface area contributed by atoms with Gasteiger partial charge in [-0.25, -0.2) is 4.99 Å². The zero-order chi connectivity index (χ0) is 14.2. The number of aryl methyl sites for hydroxylation is 1. The van der Waals surface area contributed by atoms with Crippen LogP contribution >= 0.6 is 0 Å². The van der Waals surface area contributed by atoms with Crippen LogP contribution in [0.4, 0.5) is 5.69 Å². The molecule has 2 nitrogen and oxygen atoms in total. The second-order valence-electron chi connectivity index (χ2n) is 5.19. The first-order valence-electron chi connectivity index (χ1n) is 7.04. The van der Waals surface area contributed by atoms with Crippen molar-refractivity contribution >= 4 is 11.4 Å². The molecular formula is C19H14N2. The Kier molecular flexibility index (Phi) is 2.68. The Labute approximate surface area is 123 Å². The van der Waals surface area contributed by atoms with Crippen LogP contribution in [0.2, 0.25) is 0 Å². The molecule has 0 radical (unpaired) electrons. The summed E-state index contributed by atoms with van der Waals surface area (Å²) in [6.07, 6.45) is 1.84. The molecule has 0 spiro atoms. The van der Waals surface area contributed by atoms with Gasteiger partial charge in [0.1, 0.15) is 0 Å². The van der Waals surface area contributed by atoms with E-state index >= 15 is 0 Å². The van der Waals surface area contributed by atoms with Gasteiger partial charge in [0.25, 0.3) is 0 Å². The lowest BCUT2D eigenvalue weighted by molar-refractivity contribution is 1.33. The van der Waals surface area contributed by atoms with Gasteiger partial charge in [-0.05, 0) is 30.7 Å². The van der Waals surface area contributed by atoms with Gasteiger partial charge in [-0.2, -0.15) is 0 Å². The van der Waals surface area contributed by atoms with Crippen molar-refractivity contribution in [1.29, 1.82) is 0 Å². The summed E-state index contributed by atoms with van der Waals surface area (Å²) in [6.45, 7) is 2.09. The molecule has 1 aliphatic rings.